The van der Waals surface area contributed by atoms with Crippen LogP contribution in [0.1, 0.15) is 5.56 Å². The fourth-order valence-corrected chi connectivity index (χ4v) is 2.36. The molecule has 3 rings (SSSR count). The SMILES string of the molecule is COc1ccccc1CNC(=O)COc1ccc2c(c1)OCCO2. The zero-order chi connectivity index (χ0) is 16.8. The topological polar surface area (TPSA) is 66.0 Å². The van der Waals surface area contributed by atoms with Crippen LogP contribution in [0.3, 0.4) is 0 Å². The first-order valence-corrected chi connectivity index (χ1v) is 7.67. The molecule has 0 radical (unpaired) electrons. The van der Waals surface area contributed by atoms with Crippen LogP contribution in [0.25, 0.3) is 0 Å². The molecule has 2 aromatic carbocycles. The number of amides is 1. The van der Waals surface area contributed by atoms with Crippen molar-refractivity contribution in [1.29, 1.82) is 0 Å². The molecule has 6 nitrogen and oxygen atoms in total. The van der Waals surface area contributed by atoms with Gasteiger partial charge in [-0.2, -0.15) is 0 Å². The second kappa shape index (κ2) is 7.59. The van der Waals surface area contributed by atoms with E-state index < -0.39 is 0 Å². The molecule has 0 saturated heterocycles. The Morgan fingerprint density at radius 2 is 1.92 bits per heavy atom. The molecule has 0 saturated carbocycles. The van der Waals surface area contributed by atoms with Crippen molar-refractivity contribution in [3.63, 3.8) is 0 Å². The van der Waals surface area contributed by atoms with Gasteiger partial charge in [0.2, 0.25) is 0 Å². The molecule has 1 aliphatic rings. The standard InChI is InChI=1S/C18H19NO5/c1-21-15-5-3-2-4-13(15)11-19-18(20)12-24-14-6-7-16-17(10-14)23-9-8-22-16/h2-7,10H,8-9,11-12H2,1H3,(H,19,20). The van der Waals surface area contributed by atoms with Gasteiger partial charge >= 0.3 is 0 Å². The zero-order valence-electron chi connectivity index (χ0n) is 13.4. The molecule has 0 atom stereocenters. The highest BCUT2D eigenvalue weighted by molar-refractivity contribution is 5.77. The van der Waals surface area contributed by atoms with Gasteiger partial charge in [-0.3, -0.25) is 4.79 Å². The summed E-state index contributed by atoms with van der Waals surface area (Å²) in [7, 11) is 1.60. The maximum Gasteiger partial charge on any atom is 0.258 e. The Balaban J connectivity index is 1.50. The van der Waals surface area contributed by atoms with Gasteiger partial charge in [-0.15, -0.1) is 0 Å². The first-order valence-electron chi connectivity index (χ1n) is 7.67. The third kappa shape index (κ3) is 3.90. The van der Waals surface area contributed by atoms with Crippen LogP contribution in [-0.2, 0) is 11.3 Å². The average Bonchev–Trinajstić information content (AvgIpc) is 2.64. The Labute approximate surface area is 140 Å². The van der Waals surface area contributed by atoms with Gasteiger partial charge in [0, 0.05) is 18.2 Å². The summed E-state index contributed by atoms with van der Waals surface area (Å²) < 4.78 is 21.7. The molecule has 126 valence electrons. The summed E-state index contributed by atoms with van der Waals surface area (Å²) in [6.07, 6.45) is 0. The fraction of sp³-hybridized carbons (Fsp3) is 0.278. The smallest absolute Gasteiger partial charge is 0.258 e. The highest BCUT2D eigenvalue weighted by Crippen LogP contribution is 2.33. The van der Waals surface area contributed by atoms with E-state index in [1.54, 1.807) is 25.3 Å². The van der Waals surface area contributed by atoms with Gasteiger partial charge in [0.15, 0.2) is 18.1 Å². The monoisotopic (exact) mass is 329 g/mol. The first-order chi connectivity index (χ1) is 11.8. The maximum atomic E-state index is 11.9. The molecule has 1 aliphatic heterocycles. The number of hydrogen-bond acceptors (Lipinski definition) is 5. The number of rotatable bonds is 6. The molecule has 0 aromatic heterocycles. The lowest BCUT2D eigenvalue weighted by molar-refractivity contribution is -0.123. The molecule has 24 heavy (non-hydrogen) atoms. The van der Waals surface area contributed by atoms with Crippen molar-refractivity contribution in [2.75, 3.05) is 26.9 Å². The van der Waals surface area contributed by atoms with E-state index in [-0.39, 0.29) is 12.5 Å². The molecule has 1 N–H and O–H groups in total. The molecule has 0 unspecified atom stereocenters. The molecular weight excluding hydrogens is 310 g/mol. The minimum Gasteiger partial charge on any atom is -0.496 e. The Morgan fingerprint density at radius 1 is 1.12 bits per heavy atom. The quantitative estimate of drug-likeness (QED) is 0.880. The Bertz CT molecular complexity index is 716. The summed E-state index contributed by atoms with van der Waals surface area (Å²) in [5.41, 5.74) is 0.910. The molecule has 1 amide bonds. The van der Waals surface area contributed by atoms with E-state index in [1.807, 2.05) is 24.3 Å². The number of nitrogens with one attached hydrogen (secondary N) is 1. The van der Waals surface area contributed by atoms with Crippen molar-refractivity contribution in [3.05, 3.63) is 48.0 Å². The zero-order valence-corrected chi connectivity index (χ0v) is 13.4. The normalized spacial score (nSPS) is 12.4. The summed E-state index contributed by atoms with van der Waals surface area (Å²) in [6.45, 7) is 1.36. The van der Waals surface area contributed by atoms with Crippen LogP contribution >= 0.6 is 0 Å². The number of ether oxygens (including phenoxy) is 4. The van der Waals surface area contributed by atoms with E-state index in [0.29, 0.717) is 37.0 Å². The molecule has 1 heterocycles. The van der Waals surface area contributed by atoms with Crippen LogP contribution in [0.15, 0.2) is 42.5 Å². The lowest BCUT2D eigenvalue weighted by Crippen LogP contribution is -2.28. The molecular formula is C18H19NO5. The van der Waals surface area contributed by atoms with E-state index >= 15 is 0 Å². The van der Waals surface area contributed by atoms with Crippen molar-refractivity contribution >= 4 is 5.91 Å². The number of carbonyl (C=O) groups excluding carboxylic acids is 1. The Hall–Kier alpha value is -2.89. The summed E-state index contributed by atoms with van der Waals surface area (Å²) in [5.74, 6) is 2.41. The van der Waals surface area contributed by atoms with Gasteiger partial charge in [-0.25, -0.2) is 0 Å². The number of para-hydroxylation sites is 1. The van der Waals surface area contributed by atoms with Crippen LogP contribution in [0.4, 0.5) is 0 Å². The molecule has 0 bridgehead atoms. The van der Waals surface area contributed by atoms with Gasteiger partial charge < -0.3 is 24.3 Å². The van der Waals surface area contributed by atoms with Gasteiger partial charge in [-0.1, -0.05) is 18.2 Å². The molecule has 0 aliphatic carbocycles. The third-order valence-electron chi connectivity index (χ3n) is 3.55. The summed E-state index contributed by atoms with van der Waals surface area (Å²) in [6, 6.07) is 12.8. The Morgan fingerprint density at radius 3 is 2.75 bits per heavy atom. The minimum atomic E-state index is -0.212. The molecule has 0 spiro atoms. The van der Waals surface area contributed by atoms with Crippen molar-refractivity contribution in [2.24, 2.45) is 0 Å². The Kier molecular flexibility index (Phi) is 5.05. The number of methoxy groups -OCH3 is 1. The summed E-state index contributed by atoms with van der Waals surface area (Å²) in [4.78, 5) is 11.9. The highest BCUT2D eigenvalue weighted by Gasteiger charge is 2.13. The van der Waals surface area contributed by atoms with Crippen LogP contribution < -0.4 is 24.3 Å². The van der Waals surface area contributed by atoms with Crippen molar-refractivity contribution in [2.45, 2.75) is 6.54 Å². The molecule has 6 heteroatoms. The maximum absolute atomic E-state index is 11.9. The number of fused-ring (bicyclic) bond motifs is 1. The van der Waals surface area contributed by atoms with E-state index in [2.05, 4.69) is 5.32 Å². The van der Waals surface area contributed by atoms with Crippen LogP contribution in [-0.4, -0.2) is 32.8 Å². The predicted octanol–water partition coefficient (Wildman–Crippen LogP) is 2.16. The van der Waals surface area contributed by atoms with E-state index in [1.165, 1.54) is 0 Å². The van der Waals surface area contributed by atoms with Gasteiger partial charge in [0.1, 0.15) is 24.7 Å². The number of carbonyl (C=O) groups is 1. The van der Waals surface area contributed by atoms with Gasteiger partial charge in [-0.05, 0) is 18.2 Å². The number of hydrogen-bond donors (Lipinski definition) is 1. The first kappa shape index (κ1) is 16.0. The number of benzene rings is 2. The lowest BCUT2D eigenvalue weighted by atomic mass is 10.2. The van der Waals surface area contributed by atoms with Crippen molar-refractivity contribution in [1.82, 2.24) is 5.32 Å². The predicted molar refractivity (Wildman–Crippen MR) is 87.8 cm³/mol. The summed E-state index contributed by atoms with van der Waals surface area (Å²) in [5, 5.41) is 2.81. The van der Waals surface area contributed by atoms with Crippen LogP contribution in [0, 0.1) is 0 Å². The van der Waals surface area contributed by atoms with Crippen molar-refractivity contribution in [3.8, 4) is 23.0 Å². The molecule has 0 fully saturated rings. The molecule has 2 aromatic rings. The lowest BCUT2D eigenvalue weighted by Gasteiger charge is -2.18. The average molecular weight is 329 g/mol. The minimum absolute atomic E-state index is 0.0746. The van der Waals surface area contributed by atoms with Crippen LogP contribution in [0.5, 0.6) is 23.0 Å². The fourth-order valence-electron chi connectivity index (χ4n) is 2.36. The van der Waals surface area contributed by atoms with E-state index in [4.69, 9.17) is 18.9 Å². The second-order valence-corrected chi connectivity index (χ2v) is 5.18. The van der Waals surface area contributed by atoms with Crippen LogP contribution in [0.2, 0.25) is 0 Å². The van der Waals surface area contributed by atoms with E-state index in [9.17, 15) is 4.79 Å². The largest absolute Gasteiger partial charge is 0.496 e. The third-order valence-corrected chi connectivity index (χ3v) is 3.55. The summed E-state index contributed by atoms with van der Waals surface area (Å²) >= 11 is 0. The highest BCUT2D eigenvalue weighted by atomic mass is 16.6. The second-order valence-electron chi connectivity index (χ2n) is 5.18. The van der Waals surface area contributed by atoms with Gasteiger partial charge in [0.25, 0.3) is 5.91 Å². The van der Waals surface area contributed by atoms with Gasteiger partial charge in [0.05, 0.1) is 7.11 Å². The van der Waals surface area contributed by atoms with E-state index in [0.717, 1.165) is 11.3 Å². The van der Waals surface area contributed by atoms with Crippen molar-refractivity contribution < 1.29 is 23.7 Å².